The van der Waals surface area contributed by atoms with Crippen LogP contribution in [-0.4, -0.2) is 16.5 Å². The van der Waals surface area contributed by atoms with Crippen molar-refractivity contribution in [3.63, 3.8) is 0 Å². The molecule has 0 saturated carbocycles. The molecule has 5 heteroatoms. The van der Waals surface area contributed by atoms with Crippen LogP contribution in [0.2, 0.25) is 0 Å². The lowest BCUT2D eigenvalue weighted by atomic mass is 10.2. The summed E-state index contributed by atoms with van der Waals surface area (Å²) in [5, 5.41) is 15.3. The third-order valence-electron chi connectivity index (χ3n) is 3.17. The first-order valence-electron chi connectivity index (χ1n) is 6.95. The summed E-state index contributed by atoms with van der Waals surface area (Å²) >= 11 is 1.65. The van der Waals surface area contributed by atoms with E-state index in [-0.39, 0.29) is 0 Å². The second-order valence-electron chi connectivity index (χ2n) is 4.70. The Labute approximate surface area is 133 Å². The van der Waals surface area contributed by atoms with E-state index in [0.29, 0.717) is 17.9 Å². The van der Waals surface area contributed by atoms with Crippen molar-refractivity contribution in [3.05, 3.63) is 65.3 Å². The van der Waals surface area contributed by atoms with Gasteiger partial charge in [0.15, 0.2) is 0 Å². The van der Waals surface area contributed by atoms with Gasteiger partial charge >= 0.3 is 0 Å². The van der Waals surface area contributed by atoms with Crippen LogP contribution in [0.15, 0.2) is 54.0 Å². The number of nitrogens with one attached hydrogen (secondary N) is 1. The van der Waals surface area contributed by atoms with Gasteiger partial charge in [0.1, 0.15) is 16.9 Å². The Hall–Kier alpha value is -2.71. The molecule has 0 unspecified atom stereocenters. The van der Waals surface area contributed by atoms with E-state index in [4.69, 9.17) is 5.26 Å². The number of anilines is 1. The van der Waals surface area contributed by atoms with Crippen molar-refractivity contribution in [1.82, 2.24) is 9.97 Å². The third kappa shape index (κ3) is 3.30. The van der Waals surface area contributed by atoms with Crippen LogP contribution < -0.4 is 5.32 Å². The predicted octanol–water partition coefficient (Wildman–Crippen LogP) is 3.73. The molecule has 108 valence electrons. The Bertz CT molecular complexity index is 790. The van der Waals surface area contributed by atoms with Gasteiger partial charge in [-0.1, -0.05) is 30.3 Å². The first kappa shape index (κ1) is 14.2. The van der Waals surface area contributed by atoms with Crippen LogP contribution in [0.1, 0.15) is 11.3 Å². The Kier molecular flexibility index (Phi) is 4.42. The Morgan fingerprint density at radius 1 is 1.14 bits per heavy atom. The molecule has 0 amide bonds. The molecule has 0 atom stereocenters. The quantitative estimate of drug-likeness (QED) is 0.780. The second-order valence-corrected chi connectivity index (χ2v) is 5.56. The van der Waals surface area contributed by atoms with Gasteiger partial charge in [-0.05, 0) is 12.1 Å². The zero-order valence-electron chi connectivity index (χ0n) is 11.9. The van der Waals surface area contributed by atoms with Crippen molar-refractivity contribution in [2.75, 3.05) is 11.9 Å². The maximum atomic E-state index is 9.02. The number of aromatic nitrogens is 2. The maximum absolute atomic E-state index is 9.02. The number of hydrogen-bond acceptors (Lipinski definition) is 5. The molecule has 1 N–H and O–H groups in total. The number of hydrogen-bond donors (Lipinski definition) is 1. The van der Waals surface area contributed by atoms with Crippen LogP contribution in [0.25, 0.3) is 10.6 Å². The standard InChI is InChI=1S/C17H14N4S/c18-11-14-7-4-9-19-16(14)20-10-8-15-12-22-17(21-15)13-5-2-1-3-6-13/h1-7,9,12H,8,10H2,(H,19,20). The zero-order chi connectivity index (χ0) is 15.2. The third-order valence-corrected chi connectivity index (χ3v) is 4.11. The highest BCUT2D eigenvalue weighted by Crippen LogP contribution is 2.23. The van der Waals surface area contributed by atoms with Gasteiger partial charge in [0.25, 0.3) is 0 Å². The SMILES string of the molecule is N#Cc1cccnc1NCCc1csc(-c2ccccc2)n1. The summed E-state index contributed by atoms with van der Waals surface area (Å²) in [5.74, 6) is 0.628. The molecule has 3 aromatic rings. The average molecular weight is 306 g/mol. The van der Waals surface area contributed by atoms with Gasteiger partial charge in [0.2, 0.25) is 0 Å². The monoisotopic (exact) mass is 306 g/mol. The molecule has 1 aromatic carbocycles. The summed E-state index contributed by atoms with van der Waals surface area (Å²) in [6.45, 7) is 0.698. The van der Waals surface area contributed by atoms with Crippen LogP contribution in [0.3, 0.4) is 0 Å². The number of nitriles is 1. The number of nitrogens with zero attached hydrogens (tertiary/aromatic N) is 3. The van der Waals surface area contributed by atoms with Crippen molar-refractivity contribution in [1.29, 1.82) is 5.26 Å². The number of pyridine rings is 1. The molecule has 0 aliphatic heterocycles. The normalized spacial score (nSPS) is 10.1. The summed E-state index contributed by atoms with van der Waals surface area (Å²) in [5.41, 5.74) is 2.75. The molecule has 0 aliphatic carbocycles. The fraction of sp³-hybridized carbons (Fsp3) is 0.118. The molecular formula is C17H14N4S. The van der Waals surface area contributed by atoms with Gasteiger partial charge in [-0.15, -0.1) is 11.3 Å². The minimum Gasteiger partial charge on any atom is -0.369 e. The molecule has 3 rings (SSSR count). The molecule has 2 heterocycles. The summed E-state index contributed by atoms with van der Waals surface area (Å²) in [4.78, 5) is 8.83. The lowest BCUT2D eigenvalue weighted by molar-refractivity contribution is 0.968. The molecule has 0 aliphatic rings. The molecule has 0 bridgehead atoms. The van der Waals surface area contributed by atoms with E-state index in [9.17, 15) is 0 Å². The molecule has 0 fully saturated rings. The number of thiazole rings is 1. The van der Waals surface area contributed by atoms with E-state index in [1.807, 2.05) is 18.2 Å². The summed E-state index contributed by atoms with van der Waals surface area (Å²) < 4.78 is 0. The van der Waals surface area contributed by atoms with Crippen LogP contribution in [0, 0.1) is 11.3 Å². The largest absolute Gasteiger partial charge is 0.369 e. The molecule has 4 nitrogen and oxygen atoms in total. The fourth-order valence-corrected chi connectivity index (χ4v) is 2.94. The van der Waals surface area contributed by atoms with Gasteiger partial charge < -0.3 is 5.32 Å². The Morgan fingerprint density at radius 3 is 2.82 bits per heavy atom. The first-order chi connectivity index (χ1) is 10.9. The van der Waals surface area contributed by atoms with E-state index in [1.54, 1.807) is 29.7 Å². The van der Waals surface area contributed by atoms with Crippen LogP contribution in [-0.2, 0) is 6.42 Å². The highest BCUT2D eigenvalue weighted by atomic mass is 32.1. The van der Waals surface area contributed by atoms with E-state index < -0.39 is 0 Å². The summed E-state index contributed by atoms with van der Waals surface area (Å²) in [6, 6.07) is 15.8. The molecule has 2 aromatic heterocycles. The minimum atomic E-state index is 0.561. The number of rotatable bonds is 5. The van der Waals surface area contributed by atoms with Gasteiger partial charge in [0, 0.05) is 30.1 Å². The Morgan fingerprint density at radius 2 is 2.00 bits per heavy atom. The van der Waals surface area contributed by atoms with Crippen LogP contribution in [0.4, 0.5) is 5.82 Å². The Balaban J connectivity index is 1.61. The predicted molar refractivity (Wildman–Crippen MR) is 88.7 cm³/mol. The van der Waals surface area contributed by atoms with Crippen LogP contribution in [0.5, 0.6) is 0 Å². The molecular weight excluding hydrogens is 292 g/mol. The maximum Gasteiger partial charge on any atom is 0.143 e. The van der Waals surface area contributed by atoms with E-state index >= 15 is 0 Å². The highest BCUT2D eigenvalue weighted by Gasteiger charge is 2.05. The van der Waals surface area contributed by atoms with Gasteiger partial charge in [-0.2, -0.15) is 5.26 Å². The van der Waals surface area contributed by atoms with Crippen molar-refractivity contribution in [3.8, 4) is 16.6 Å². The highest BCUT2D eigenvalue weighted by molar-refractivity contribution is 7.13. The van der Waals surface area contributed by atoms with E-state index in [0.717, 1.165) is 22.7 Å². The molecule has 0 saturated heterocycles. The molecule has 0 spiro atoms. The lowest BCUT2D eigenvalue weighted by Gasteiger charge is -2.05. The first-order valence-corrected chi connectivity index (χ1v) is 7.83. The van der Waals surface area contributed by atoms with Crippen molar-refractivity contribution >= 4 is 17.2 Å². The van der Waals surface area contributed by atoms with Crippen LogP contribution >= 0.6 is 11.3 Å². The summed E-state index contributed by atoms with van der Waals surface area (Å²) in [6.07, 6.45) is 2.48. The van der Waals surface area contributed by atoms with Gasteiger partial charge in [-0.3, -0.25) is 0 Å². The topological polar surface area (TPSA) is 61.6 Å². The van der Waals surface area contributed by atoms with Gasteiger partial charge in [0.05, 0.1) is 11.3 Å². The fourth-order valence-electron chi connectivity index (χ4n) is 2.08. The second kappa shape index (κ2) is 6.83. The van der Waals surface area contributed by atoms with Crippen molar-refractivity contribution in [2.24, 2.45) is 0 Å². The van der Waals surface area contributed by atoms with Crippen molar-refractivity contribution in [2.45, 2.75) is 6.42 Å². The number of benzene rings is 1. The zero-order valence-corrected chi connectivity index (χ0v) is 12.7. The lowest BCUT2D eigenvalue weighted by Crippen LogP contribution is -2.07. The van der Waals surface area contributed by atoms with Crippen molar-refractivity contribution < 1.29 is 0 Å². The minimum absolute atomic E-state index is 0.561. The smallest absolute Gasteiger partial charge is 0.143 e. The van der Waals surface area contributed by atoms with E-state index in [1.165, 1.54) is 0 Å². The van der Waals surface area contributed by atoms with Gasteiger partial charge in [-0.25, -0.2) is 9.97 Å². The molecule has 22 heavy (non-hydrogen) atoms. The summed E-state index contributed by atoms with van der Waals surface area (Å²) in [7, 11) is 0. The van der Waals surface area contributed by atoms with E-state index in [2.05, 4.69) is 38.9 Å². The molecule has 0 radical (unpaired) electrons. The average Bonchev–Trinajstić information content (AvgIpc) is 3.05.